The van der Waals surface area contributed by atoms with Crippen LogP contribution in [0.25, 0.3) is 11.0 Å². The number of ether oxygens (including phenoxy) is 1. The Morgan fingerprint density at radius 3 is 3.19 bits per heavy atom. The van der Waals surface area contributed by atoms with Crippen LogP contribution >= 0.6 is 15.9 Å². The maximum absolute atomic E-state index is 5.62. The number of benzene rings is 1. The molecule has 0 fully saturated rings. The lowest BCUT2D eigenvalue weighted by atomic mass is 10.1. The highest BCUT2D eigenvalue weighted by atomic mass is 79.9. The topological polar surface area (TPSA) is 34.4 Å². The Morgan fingerprint density at radius 2 is 2.38 bits per heavy atom. The Morgan fingerprint density at radius 1 is 1.50 bits per heavy atom. The highest BCUT2D eigenvalue weighted by molar-refractivity contribution is 9.10. The summed E-state index contributed by atoms with van der Waals surface area (Å²) < 4.78 is 12.0. The minimum Gasteiger partial charge on any atom is -0.493 e. The average molecular weight is 282 g/mol. The molecule has 1 N–H and O–H groups in total. The molecular formula is C12H12BrNO2. The number of furan rings is 1. The third-order valence-electron chi connectivity index (χ3n) is 3.03. The lowest BCUT2D eigenvalue weighted by molar-refractivity contribution is 0.409. The summed E-state index contributed by atoms with van der Waals surface area (Å²) in [4.78, 5) is 0. The fourth-order valence-electron chi connectivity index (χ4n) is 2.24. The normalized spacial score (nSPS) is 15.1. The Hall–Kier alpha value is -1.00. The van der Waals surface area contributed by atoms with Gasteiger partial charge in [-0.2, -0.15) is 0 Å². The van der Waals surface area contributed by atoms with Gasteiger partial charge in [0.05, 0.1) is 13.4 Å². The fraction of sp³-hybridized carbons (Fsp3) is 0.333. The molecule has 1 aliphatic rings. The van der Waals surface area contributed by atoms with E-state index in [1.807, 2.05) is 12.3 Å². The summed E-state index contributed by atoms with van der Waals surface area (Å²) in [6.45, 7) is 1.85. The first-order chi connectivity index (χ1) is 7.81. The van der Waals surface area contributed by atoms with Crippen LogP contribution in [0.3, 0.4) is 0 Å². The standard InChI is InChI=1S/C12H12BrNO2/c1-15-10-4-9(13)8-5-14-3-2-7-6-16-12(10)11(7)8/h4,6,14H,2-3,5H2,1H3. The van der Waals surface area contributed by atoms with Crippen molar-refractivity contribution in [2.75, 3.05) is 13.7 Å². The van der Waals surface area contributed by atoms with Crippen LogP contribution in [0.1, 0.15) is 11.1 Å². The fourth-order valence-corrected chi connectivity index (χ4v) is 2.78. The molecule has 0 aliphatic carbocycles. The second-order valence-corrected chi connectivity index (χ2v) is 4.79. The van der Waals surface area contributed by atoms with E-state index in [0.717, 1.165) is 35.3 Å². The van der Waals surface area contributed by atoms with Gasteiger partial charge in [-0.1, -0.05) is 15.9 Å². The van der Waals surface area contributed by atoms with Crippen molar-refractivity contribution < 1.29 is 9.15 Å². The summed E-state index contributed by atoms with van der Waals surface area (Å²) in [5, 5.41) is 4.61. The molecule has 3 nitrogen and oxygen atoms in total. The zero-order chi connectivity index (χ0) is 11.1. The number of hydrogen-bond donors (Lipinski definition) is 1. The third-order valence-corrected chi connectivity index (χ3v) is 3.74. The Balaban J connectivity index is 2.40. The Kier molecular flexibility index (Phi) is 2.41. The van der Waals surface area contributed by atoms with Gasteiger partial charge < -0.3 is 14.5 Å². The quantitative estimate of drug-likeness (QED) is 0.873. The molecule has 2 aromatic rings. The molecule has 0 unspecified atom stereocenters. The molecule has 1 aliphatic heterocycles. The first-order valence-electron chi connectivity index (χ1n) is 5.27. The van der Waals surface area contributed by atoms with Crippen LogP contribution in [0, 0.1) is 0 Å². The summed E-state index contributed by atoms with van der Waals surface area (Å²) in [7, 11) is 1.67. The van der Waals surface area contributed by atoms with Crippen molar-refractivity contribution in [3.05, 3.63) is 27.9 Å². The SMILES string of the molecule is COc1cc(Br)c2c3c(coc13)CCNC2. The van der Waals surface area contributed by atoms with E-state index >= 15 is 0 Å². The van der Waals surface area contributed by atoms with Gasteiger partial charge in [-0.05, 0) is 30.2 Å². The average Bonchev–Trinajstić information content (AvgIpc) is 2.58. The molecule has 1 aromatic carbocycles. The smallest absolute Gasteiger partial charge is 0.176 e. The van der Waals surface area contributed by atoms with Crippen LogP contribution in [0.4, 0.5) is 0 Å². The van der Waals surface area contributed by atoms with Crippen molar-refractivity contribution in [3.63, 3.8) is 0 Å². The van der Waals surface area contributed by atoms with Gasteiger partial charge in [-0.25, -0.2) is 0 Å². The summed E-state index contributed by atoms with van der Waals surface area (Å²) in [6, 6.07) is 1.97. The second kappa shape index (κ2) is 3.79. The molecule has 0 amide bonds. The molecule has 84 valence electrons. The second-order valence-electron chi connectivity index (χ2n) is 3.93. The monoisotopic (exact) mass is 281 g/mol. The van der Waals surface area contributed by atoms with Gasteiger partial charge in [-0.15, -0.1) is 0 Å². The molecule has 4 heteroatoms. The van der Waals surface area contributed by atoms with E-state index in [2.05, 4.69) is 21.2 Å². The van der Waals surface area contributed by atoms with E-state index in [1.165, 1.54) is 16.5 Å². The van der Waals surface area contributed by atoms with E-state index in [0.29, 0.717) is 0 Å². The number of nitrogens with one attached hydrogen (secondary N) is 1. The molecule has 0 spiro atoms. The van der Waals surface area contributed by atoms with Gasteiger partial charge in [0, 0.05) is 16.4 Å². The maximum atomic E-state index is 5.62. The summed E-state index contributed by atoms with van der Waals surface area (Å²) >= 11 is 3.60. The Bertz CT molecular complexity index is 547. The molecular weight excluding hydrogens is 270 g/mol. The lowest BCUT2D eigenvalue weighted by Crippen LogP contribution is -2.14. The van der Waals surface area contributed by atoms with Gasteiger partial charge >= 0.3 is 0 Å². The zero-order valence-corrected chi connectivity index (χ0v) is 10.6. The largest absolute Gasteiger partial charge is 0.493 e. The molecule has 16 heavy (non-hydrogen) atoms. The Labute approximate surface area is 102 Å². The number of halogens is 1. The number of hydrogen-bond acceptors (Lipinski definition) is 3. The van der Waals surface area contributed by atoms with Gasteiger partial charge in [0.15, 0.2) is 11.3 Å². The van der Waals surface area contributed by atoms with Gasteiger partial charge in [-0.3, -0.25) is 0 Å². The van der Waals surface area contributed by atoms with Crippen LogP contribution in [-0.2, 0) is 13.0 Å². The molecule has 0 bridgehead atoms. The van der Waals surface area contributed by atoms with Crippen molar-refractivity contribution in [2.24, 2.45) is 0 Å². The van der Waals surface area contributed by atoms with Crippen LogP contribution in [0.5, 0.6) is 5.75 Å². The van der Waals surface area contributed by atoms with Crippen LogP contribution < -0.4 is 10.1 Å². The van der Waals surface area contributed by atoms with Crippen molar-refractivity contribution >= 4 is 26.9 Å². The number of rotatable bonds is 1. The van der Waals surface area contributed by atoms with Gasteiger partial charge in [0.2, 0.25) is 0 Å². The molecule has 3 rings (SSSR count). The van der Waals surface area contributed by atoms with E-state index in [-0.39, 0.29) is 0 Å². The molecule has 0 radical (unpaired) electrons. The summed E-state index contributed by atoms with van der Waals surface area (Å²) in [5.74, 6) is 0.791. The van der Waals surface area contributed by atoms with Gasteiger partial charge in [0.25, 0.3) is 0 Å². The summed E-state index contributed by atoms with van der Waals surface area (Å²) in [5.41, 5.74) is 3.38. The highest BCUT2D eigenvalue weighted by Gasteiger charge is 2.19. The van der Waals surface area contributed by atoms with E-state index in [9.17, 15) is 0 Å². The van der Waals surface area contributed by atoms with E-state index in [4.69, 9.17) is 9.15 Å². The van der Waals surface area contributed by atoms with Crippen LogP contribution in [0.15, 0.2) is 21.2 Å². The molecule has 0 saturated heterocycles. The lowest BCUT2D eigenvalue weighted by Gasteiger charge is -2.08. The van der Waals surface area contributed by atoms with Crippen LogP contribution in [-0.4, -0.2) is 13.7 Å². The third kappa shape index (κ3) is 1.37. The van der Waals surface area contributed by atoms with Crippen molar-refractivity contribution in [1.82, 2.24) is 5.32 Å². The van der Waals surface area contributed by atoms with Crippen molar-refractivity contribution in [1.29, 1.82) is 0 Å². The zero-order valence-electron chi connectivity index (χ0n) is 8.97. The first kappa shape index (κ1) is 10.2. The molecule has 0 saturated carbocycles. The number of methoxy groups -OCH3 is 1. The van der Waals surface area contributed by atoms with Crippen molar-refractivity contribution in [3.8, 4) is 5.75 Å². The molecule has 1 aromatic heterocycles. The van der Waals surface area contributed by atoms with E-state index in [1.54, 1.807) is 7.11 Å². The van der Waals surface area contributed by atoms with Crippen LogP contribution in [0.2, 0.25) is 0 Å². The predicted molar refractivity (Wildman–Crippen MR) is 65.9 cm³/mol. The minimum atomic E-state index is 0.791. The maximum Gasteiger partial charge on any atom is 0.176 e. The van der Waals surface area contributed by atoms with Crippen molar-refractivity contribution in [2.45, 2.75) is 13.0 Å². The van der Waals surface area contributed by atoms with E-state index < -0.39 is 0 Å². The predicted octanol–water partition coefficient (Wildman–Crippen LogP) is 2.85. The highest BCUT2D eigenvalue weighted by Crippen LogP contribution is 2.38. The molecule has 2 heterocycles. The summed E-state index contributed by atoms with van der Waals surface area (Å²) in [6.07, 6.45) is 2.84. The minimum absolute atomic E-state index is 0.791. The van der Waals surface area contributed by atoms with Gasteiger partial charge in [0.1, 0.15) is 0 Å². The first-order valence-corrected chi connectivity index (χ1v) is 6.06. The molecule has 0 atom stereocenters.